The highest BCUT2D eigenvalue weighted by atomic mass is 35.5. The molecule has 0 saturated heterocycles. The van der Waals surface area contributed by atoms with Crippen LogP contribution in [0.15, 0.2) is 24.5 Å². The summed E-state index contributed by atoms with van der Waals surface area (Å²) in [5.74, 6) is 1.02. The van der Waals surface area contributed by atoms with Crippen molar-refractivity contribution in [2.75, 3.05) is 18.2 Å². The van der Waals surface area contributed by atoms with Crippen molar-refractivity contribution in [2.24, 2.45) is 0 Å². The van der Waals surface area contributed by atoms with Gasteiger partial charge in [-0.2, -0.15) is 0 Å². The molecule has 2 rings (SSSR count). The Kier molecular flexibility index (Phi) is 3.74. The van der Waals surface area contributed by atoms with Crippen molar-refractivity contribution in [1.82, 2.24) is 9.97 Å². The number of rotatable bonds is 3. The van der Waals surface area contributed by atoms with Crippen molar-refractivity contribution in [3.8, 4) is 5.75 Å². The molecule has 0 atom stereocenters. The first-order chi connectivity index (χ1) is 8.61. The fraction of sp³-hybridized carbons (Fsp3) is 0.0909. The summed E-state index contributed by atoms with van der Waals surface area (Å²) in [4.78, 5) is 7.88. The van der Waals surface area contributed by atoms with Crippen molar-refractivity contribution in [3.05, 3.63) is 34.6 Å². The third-order valence-corrected chi connectivity index (χ3v) is 2.78. The first kappa shape index (κ1) is 12.7. The first-order valence-corrected chi connectivity index (χ1v) is 5.74. The molecule has 0 unspecified atom stereocenters. The third kappa shape index (κ3) is 2.57. The minimum absolute atomic E-state index is 0.244. The number of anilines is 3. The Balaban J connectivity index is 2.40. The lowest BCUT2D eigenvalue weighted by atomic mass is 10.3. The molecule has 3 N–H and O–H groups in total. The van der Waals surface area contributed by atoms with Gasteiger partial charge in [0.25, 0.3) is 0 Å². The van der Waals surface area contributed by atoms with Gasteiger partial charge in [-0.1, -0.05) is 23.2 Å². The van der Waals surface area contributed by atoms with Crippen LogP contribution in [0.1, 0.15) is 0 Å². The fourth-order valence-corrected chi connectivity index (χ4v) is 1.74. The largest absolute Gasteiger partial charge is 0.490 e. The van der Waals surface area contributed by atoms with E-state index in [4.69, 9.17) is 33.7 Å². The maximum Gasteiger partial charge on any atom is 0.204 e. The van der Waals surface area contributed by atoms with E-state index in [1.165, 1.54) is 13.4 Å². The predicted octanol–water partition coefficient (Wildman–Crippen LogP) is 3.12. The number of methoxy groups -OCH3 is 1. The van der Waals surface area contributed by atoms with E-state index in [2.05, 4.69) is 15.3 Å². The average Bonchev–Trinajstić information content (AvgIpc) is 2.34. The van der Waals surface area contributed by atoms with Crippen molar-refractivity contribution in [2.45, 2.75) is 0 Å². The summed E-state index contributed by atoms with van der Waals surface area (Å²) in [5, 5.41) is 4.07. The lowest BCUT2D eigenvalue weighted by Gasteiger charge is -2.12. The van der Waals surface area contributed by atoms with E-state index in [9.17, 15) is 0 Å². The zero-order valence-corrected chi connectivity index (χ0v) is 11.0. The van der Waals surface area contributed by atoms with Crippen LogP contribution in [0, 0.1) is 0 Å². The molecule has 0 radical (unpaired) electrons. The number of hydrogen-bond acceptors (Lipinski definition) is 5. The number of benzene rings is 1. The number of nitrogen functional groups attached to an aromatic ring is 1. The van der Waals surface area contributed by atoms with E-state index in [-0.39, 0.29) is 5.82 Å². The number of aromatic nitrogens is 2. The van der Waals surface area contributed by atoms with Crippen LogP contribution in [0.5, 0.6) is 5.75 Å². The normalized spacial score (nSPS) is 10.2. The molecule has 0 aliphatic heterocycles. The molecule has 18 heavy (non-hydrogen) atoms. The van der Waals surface area contributed by atoms with Crippen LogP contribution in [-0.4, -0.2) is 17.1 Å². The van der Waals surface area contributed by atoms with E-state index in [0.717, 1.165) is 0 Å². The second kappa shape index (κ2) is 5.29. The van der Waals surface area contributed by atoms with E-state index < -0.39 is 0 Å². The highest BCUT2D eigenvalue weighted by Crippen LogP contribution is 2.33. The first-order valence-electron chi connectivity index (χ1n) is 4.98. The third-order valence-electron chi connectivity index (χ3n) is 2.22. The number of hydrogen-bond donors (Lipinski definition) is 2. The maximum atomic E-state index is 6.04. The molecule has 0 amide bonds. The van der Waals surface area contributed by atoms with Gasteiger partial charge in [0.2, 0.25) is 5.75 Å². The van der Waals surface area contributed by atoms with Gasteiger partial charge in [0.15, 0.2) is 11.6 Å². The molecule has 7 heteroatoms. The Labute approximate surface area is 114 Å². The highest BCUT2D eigenvalue weighted by molar-refractivity contribution is 6.35. The fourth-order valence-electron chi connectivity index (χ4n) is 1.40. The maximum absolute atomic E-state index is 6.04. The van der Waals surface area contributed by atoms with Gasteiger partial charge >= 0.3 is 0 Å². The van der Waals surface area contributed by atoms with Crippen molar-refractivity contribution in [3.63, 3.8) is 0 Å². The van der Waals surface area contributed by atoms with Gasteiger partial charge in [-0.25, -0.2) is 9.97 Å². The summed E-state index contributed by atoms with van der Waals surface area (Å²) < 4.78 is 5.13. The molecule has 0 aliphatic rings. The van der Waals surface area contributed by atoms with Gasteiger partial charge in [0.1, 0.15) is 6.33 Å². The van der Waals surface area contributed by atoms with Gasteiger partial charge < -0.3 is 15.8 Å². The molecular formula is C11H10Cl2N4O. The summed E-state index contributed by atoms with van der Waals surface area (Å²) in [6, 6.07) is 5.06. The van der Waals surface area contributed by atoms with E-state index in [0.29, 0.717) is 27.3 Å². The van der Waals surface area contributed by atoms with Gasteiger partial charge in [-0.15, -0.1) is 0 Å². The minimum atomic E-state index is 0.244. The van der Waals surface area contributed by atoms with Crippen LogP contribution in [0.2, 0.25) is 10.0 Å². The van der Waals surface area contributed by atoms with Crippen LogP contribution >= 0.6 is 23.2 Å². The van der Waals surface area contributed by atoms with Gasteiger partial charge in [0, 0.05) is 5.02 Å². The summed E-state index contributed by atoms with van der Waals surface area (Å²) in [6.45, 7) is 0. The molecule has 0 fully saturated rings. The minimum Gasteiger partial charge on any atom is -0.490 e. The number of halogens is 2. The summed E-state index contributed by atoms with van der Waals surface area (Å²) >= 11 is 11.9. The summed E-state index contributed by atoms with van der Waals surface area (Å²) in [5.41, 5.74) is 6.29. The van der Waals surface area contributed by atoms with Crippen LogP contribution < -0.4 is 15.8 Å². The van der Waals surface area contributed by atoms with Crippen LogP contribution in [0.4, 0.5) is 17.3 Å². The molecule has 1 aromatic carbocycles. The standard InChI is InChI=1S/C11H10Cl2N4O/c1-18-9-10(14)15-5-16-11(9)17-8-4-6(12)2-3-7(8)13/h2-5H,1H3,(H3,14,15,16,17). The van der Waals surface area contributed by atoms with Gasteiger partial charge in [0.05, 0.1) is 17.8 Å². The Bertz CT molecular complexity index is 577. The Morgan fingerprint density at radius 1 is 1.28 bits per heavy atom. The zero-order chi connectivity index (χ0) is 13.1. The number of ether oxygens (including phenoxy) is 1. The second-order valence-corrected chi connectivity index (χ2v) is 4.23. The van der Waals surface area contributed by atoms with E-state index in [1.54, 1.807) is 18.2 Å². The van der Waals surface area contributed by atoms with E-state index >= 15 is 0 Å². The molecule has 5 nitrogen and oxygen atoms in total. The molecule has 2 aromatic rings. The molecule has 0 aliphatic carbocycles. The average molecular weight is 285 g/mol. The zero-order valence-electron chi connectivity index (χ0n) is 9.45. The molecular weight excluding hydrogens is 275 g/mol. The lowest BCUT2D eigenvalue weighted by Crippen LogP contribution is -2.03. The Morgan fingerprint density at radius 3 is 2.78 bits per heavy atom. The topological polar surface area (TPSA) is 73.1 Å². The summed E-state index contributed by atoms with van der Waals surface area (Å²) in [6.07, 6.45) is 1.33. The molecule has 1 heterocycles. The monoisotopic (exact) mass is 284 g/mol. The quantitative estimate of drug-likeness (QED) is 0.906. The van der Waals surface area contributed by atoms with Crippen LogP contribution in [0.25, 0.3) is 0 Å². The van der Waals surface area contributed by atoms with Crippen LogP contribution in [0.3, 0.4) is 0 Å². The van der Waals surface area contributed by atoms with E-state index in [1.807, 2.05) is 0 Å². The van der Waals surface area contributed by atoms with Crippen molar-refractivity contribution < 1.29 is 4.74 Å². The molecule has 0 spiro atoms. The van der Waals surface area contributed by atoms with Crippen molar-refractivity contribution in [1.29, 1.82) is 0 Å². The molecule has 94 valence electrons. The summed E-state index contributed by atoms with van der Waals surface area (Å²) in [7, 11) is 1.49. The number of nitrogens with zero attached hydrogens (tertiary/aromatic N) is 2. The second-order valence-electron chi connectivity index (χ2n) is 3.39. The number of nitrogens with two attached hydrogens (primary N) is 1. The van der Waals surface area contributed by atoms with Gasteiger partial charge in [-0.05, 0) is 18.2 Å². The Morgan fingerprint density at radius 2 is 2.06 bits per heavy atom. The molecule has 0 saturated carbocycles. The van der Waals surface area contributed by atoms with Gasteiger partial charge in [-0.3, -0.25) is 0 Å². The Hall–Kier alpha value is -1.72. The SMILES string of the molecule is COc1c(N)ncnc1Nc1cc(Cl)ccc1Cl. The molecule has 1 aromatic heterocycles. The lowest BCUT2D eigenvalue weighted by molar-refractivity contribution is 0.415. The number of nitrogens with one attached hydrogen (secondary N) is 1. The highest BCUT2D eigenvalue weighted by Gasteiger charge is 2.11. The molecule has 0 bridgehead atoms. The predicted molar refractivity (Wildman–Crippen MR) is 72.7 cm³/mol. The smallest absolute Gasteiger partial charge is 0.204 e. The van der Waals surface area contributed by atoms with Crippen molar-refractivity contribution >= 4 is 40.5 Å². The van der Waals surface area contributed by atoms with Crippen LogP contribution in [-0.2, 0) is 0 Å².